The minimum atomic E-state index is -3.22. The quantitative estimate of drug-likeness (QED) is 0.637. The van der Waals surface area contributed by atoms with Crippen molar-refractivity contribution >= 4 is 10.0 Å². The number of nitrogens with one attached hydrogen (secondary N) is 1. The second kappa shape index (κ2) is 5.84. The molecule has 1 heterocycles. The Bertz CT molecular complexity index is 360. The van der Waals surface area contributed by atoms with Gasteiger partial charge in [0.25, 0.3) is 0 Å². The van der Waals surface area contributed by atoms with Crippen LogP contribution >= 0.6 is 0 Å². The van der Waals surface area contributed by atoms with E-state index in [0.29, 0.717) is 25.1 Å². The van der Waals surface area contributed by atoms with E-state index < -0.39 is 10.0 Å². The molecule has 3 N–H and O–H groups in total. The molecular formula is C8H15N3O3S. The SMILES string of the molecule is NCCCCS(=O)(=O)NCc1ccon1. The Hall–Kier alpha value is -0.920. The summed E-state index contributed by atoms with van der Waals surface area (Å²) in [6, 6.07) is 1.61. The summed E-state index contributed by atoms with van der Waals surface area (Å²) in [4.78, 5) is 0. The summed E-state index contributed by atoms with van der Waals surface area (Å²) in [5, 5.41) is 3.59. The Balaban J connectivity index is 2.30. The average Bonchev–Trinajstić information content (AvgIpc) is 2.68. The number of hydrogen-bond donors (Lipinski definition) is 2. The number of sulfonamides is 1. The summed E-state index contributed by atoms with van der Waals surface area (Å²) in [5.74, 6) is 0.0993. The van der Waals surface area contributed by atoms with Crippen LogP contribution in [-0.2, 0) is 16.6 Å². The molecule has 0 unspecified atom stereocenters. The van der Waals surface area contributed by atoms with Gasteiger partial charge in [0.2, 0.25) is 10.0 Å². The predicted octanol–water partition coefficient (Wildman–Crippen LogP) is -0.167. The van der Waals surface area contributed by atoms with Crippen LogP contribution in [0.4, 0.5) is 0 Å². The van der Waals surface area contributed by atoms with Crippen LogP contribution in [0.2, 0.25) is 0 Å². The lowest BCUT2D eigenvalue weighted by atomic mass is 10.3. The highest BCUT2D eigenvalue weighted by atomic mass is 32.2. The van der Waals surface area contributed by atoms with Crippen LogP contribution in [0, 0.1) is 0 Å². The molecule has 0 saturated carbocycles. The van der Waals surface area contributed by atoms with Crippen molar-refractivity contribution in [3.8, 4) is 0 Å². The molecular weight excluding hydrogens is 218 g/mol. The van der Waals surface area contributed by atoms with Crippen molar-refractivity contribution in [1.29, 1.82) is 0 Å². The molecule has 0 aromatic carbocycles. The highest BCUT2D eigenvalue weighted by Gasteiger charge is 2.09. The molecule has 0 fully saturated rings. The summed E-state index contributed by atoms with van der Waals surface area (Å²) in [7, 11) is -3.22. The van der Waals surface area contributed by atoms with Crippen molar-refractivity contribution in [1.82, 2.24) is 9.88 Å². The Morgan fingerprint density at radius 3 is 2.87 bits per heavy atom. The number of unbranched alkanes of at least 4 members (excludes halogenated alkanes) is 1. The predicted molar refractivity (Wildman–Crippen MR) is 55.4 cm³/mol. The monoisotopic (exact) mass is 233 g/mol. The van der Waals surface area contributed by atoms with Gasteiger partial charge in [0.05, 0.1) is 18.0 Å². The van der Waals surface area contributed by atoms with Crippen LogP contribution in [0.25, 0.3) is 0 Å². The maximum atomic E-state index is 11.4. The van der Waals surface area contributed by atoms with Gasteiger partial charge in [-0.15, -0.1) is 0 Å². The molecule has 0 spiro atoms. The van der Waals surface area contributed by atoms with E-state index >= 15 is 0 Å². The van der Waals surface area contributed by atoms with Gasteiger partial charge in [-0.05, 0) is 19.4 Å². The van der Waals surface area contributed by atoms with E-state index in [4.69, 9.17) is 5.73 Å². The molecule has 1 aromatic heterocycles. The molecule has 6 nitrogen and oxygen atoms in total. The van der Waals surface area contributed by atoms with Crippen molar-refractivity contribution < 1.29 is 12.9 Å². The smallest absolute Gasteiger partial charge is 0.211 e. The van der Waals surface area contributed by atoms with Crippen LogP contribution in [0.15, 0.2) is 16.9 Å². The third kappa shape index (κ3) is 4.91. The first-order valence-electron chi connectivity index (χ1n) is 4.71. The highest BCUT2D eigenvalue weighted by Crippen LogP contribution is 1.97. The molecule has 0 aliphatic rings. The van der Waals surface area contributed by atoms with E-state index in [-0.39, 0.29) is 12.3 Å². The van der Waals surface area contributed by atoms with E-state index in [1.165, 1.54) is 6.26 Å². The lowest BCUT2D eigenvalue weighted by molar-refractivity contribution is 0.411. The van der Waals surface area contributed by atoms with Crippen LogP contribution in [0.1, 0.15) is 18.5 Å². The maximum absolute atomic E-state index is 11.4. The molecule has 1 rings (SSSR count). The lowest BCUT2D eigenvalue weighted by Gasteiger charge is -2.03. The van der Waals surface area contributed by atoms with Gasteiger partial charge in [-0.1, -0.05) is 5.16 Å². The Morgan fingerprint density at radius 1 is 1.47 bits per heavy atom. The number of nitrogens with zero attached hydrogens (tertiary/aromatic N) is 1. The van der Waals surface area contributed by atoms with Gasteiger partial charge in [-0.3, -0.25) is 0 Å². The molecule has 86 valence electrons. The molecule has 0 bridgehead atoms. The summed E-state index contributed by atoms with van der Waals surface area (Å²) in [6.07, 6.45) is 2.69. The highest BCUT2D eigenvalue weighted by molar-refractivity contribution is 7.89. The fourth-order valence-electron chi connectivity index (χ4n) is 1.02. The van der Waals surface area contributed by atoms with Gasteiger partial charge in [0, 0.05) is 6.07 Å². The molecule has 0 atom stereocenters. The summed E-state index contributed by atoms with van der Waals surface area (Å²) < 4.78 is 29.8. The second-order valence-electron chi connectivity index (χ2n) is 3.13. The molecule has 15 heavy (non-hydrogen) atoms. The average molecular weight is 233 g/mol. The Kier molecular flexibility index (Phi) is 4.73. The fraction of sp³-hybridized carbons (Fsp3) is 0.625. The molecule has 0 amide bonds. The van der Waals surface area contributed by atoms with Crippen molar-refractivity contribution in [3.63, 3.8) is 0 Å². The largest absolute Gasteiger partial charge is 0.364 e. The molecule has 7 heteroatoms. The fourth-order valence-corrected chi connectivity index (χ4v) is 2.12. The van der Waals surface area contributed by atoms with Gasteiger partial charge in [0.15, 0.2) is 0 Å². The van der Waals surface area contributed by atoms with E-state index in [0.717, 1.165) is 0 Å². The summed E-state index contributed by atoms with van der Waals surface area (Å²) in [5.41, 5.74) is 5.84. The number of hydrogen-bond acceptors (Lipinski definition) is 5. The molecule has 0 aliphatic carbocycles. The molecule has 0 radical (unpaired) electrons. The van der Waals surface area contributed by atoms with E-state index in [2.05, 4.69) is 14.4 Å². The molecule has 0 saturated heterocycles. The zero-order valence-corrected chi connectivity index (χ0v) is 9.16. The first-order chi connectivity index (χ1) is 7.14. The van der Waals surface area contributed by atoms with Crippen molar-refractivity contribution in [2.45, 2.75) is 19.4 Å². The van der Waals surface area contributed by atoms with E-state index in [1.54, 1.807) is 6.07 Å². The third-order valence-electron chi connectivity index (χ3n) is 1.83. The Morgan fingerprint density at radius 2 is 2.27 bits per heavy atom. The molecule has 0 aliphatic heterocycles. The third-order valence-corrected chi connectivity index (χ3v) is 3.24. The topological polar surface area (TPSA) is 98.2 Å². The standard InChI is InChI=1S/C8H15N3O3S/c9-4-1-2-6-15(12,13)10-7-8-3-5-14-11-8/h3,5,10H,1-2,4,6-7,9H2. The minimum absolute atomic E-state index is 0.0993. The Labute approximate surface area is 88.9 Å². The lowest BCUT2D eigenvalue weighted by Crippen LogP contribution is -2.26. The van der Waals surface area contributed by atoms with Crippen LogP contribution in [0.5, 0.6) is 0 Å². The van der Waals surface area contributed by atoms with Gasteiger partial charge >= 0.3 is 0 Å². The van der Waals surface area contributed by atoms with Crippen molar-refractivity contribution in [3.05, 3.63) is 18.0 Å². The van der Waals surface area contributed by atoms with Crippen molar-refractivity contribution in [2.75, 3.05) is 12.3 Å². The minimum Gasteiger partial charge on any atom is -0.364 e. The zero-order valence-electron chi connectivity index (χ0n) is 8.35. The van der Waals surface area contributed by atoms with E-state index in [9.17, 15) is 8.42 Å². The number of nitrogens with two attached hydrogens (primary N) is 1. The van der Waals surface area contributed by atoms with Gasteiger partial charge in [0.1, 0.15) is 6.26 Å². The summed E-state index contributed by atoms with van der Waals surface area (Å²) in [6.45, 7) is 0.681. The first-order valence-corrected chi connectivity index (χ1v) is 6.36. The summed E-state index contributed by atoms with van der Waals surface area (Å²) >= 11 is 0. The first kappa shape index (κ1) is 12.2. The number of aromatic nitrogens is 1. The van der Waals surface area contributed by atoms with Crippen molar-refractivity contribution in [2.24, 2.45) is 5.73 Å². The van der Waals surface area contributed by atoms with Crippen LogP contribution in [-0.4, -0.2) is 25.9 Å². The van der Waals surface area contributed by atoms with Crippen LogP contribution in [0.3, 0.4) is 0 Å². The molecule has 1 aromatic rings. The number of rotatable bonds is 7. The van der Waals surface area contributed by atoms with Gasteiger partial charge in [-0.25, -0.2) is 13.1 Å². The zero-order chi connectivity index (χ0) is 11.1. The van der Waals surface area contributed by atoms with Gasteiger partial charge < -0.3 is 10.3 Å². The van der Waals surface area contributed by atoms with Gasteiger partial charge in [-0.2, -0.15) is 0 Å². The maximum Gasteiger partial charge on any atom is 0.211 e. The van der Waals surface area contributed by atoms with Crippen LogP contribution < -0.4 is 10.5 Å². The normalized spacial score (nSPS) is 11.8. The second-order valence-corrected chi connectivity index (χ2v) is 5.05. The van der Waals surface area contributed by atoms with E-state index in [1.807, 2.05) is 0 Å².